The number of fused-ring (bicyclic) bond motifs is 1. The Labute approximate surface area is 149 Å². The van der Waals surface area contributed by atoms with Crippen molar-refractivity contribution in [1.29, 1.82) is 0 Å². The Kier molecular flexibility index (Phi) is 4.45. The molecule has 0 aliphatic heterocycles. The summed E-state index contributed by atoms with van der Waals surface area (Å²) in [6.07, 6.45) is 0. The van der Waals surface area contributed by atoms with Crippen molar-refractivity contribution in [3.8, 4) is 22.3 Å². The molecule has 0 spiro atoms. The average Bonchev–Trinajstić information content (AvgIpc) is 3.00. The Morgan fingerprint density at radius 1 is 0.545 bits per heavy atom. The first-order chi connectivity index (χ1) is 10.4. The molecule has 1 heteroatoms. The van der Waals surface area contributed by atoms with Crippen LogP contribution in [0.3, 0.4) is 0 Å². The zero-order valence-electron chi connectivity index (χ0n) is 12.2. The first-order valence-electron chi connectivity index (χ1n) is 7.21. The van der Waals surface area contributed by atoms with Gasteiger partial charge in [-0.1, -0.05) is 78.4 Å². The number of benzene rings is 3. The van der Waals surface area contributed by atoms with Crippen LogP contribution in [0.25, 0.3) is 33.0 Å². The summed E-state index contributed by atoms with van der Waals surface area (Å²) in [6, 6.07) is 32.3. The summed E-state index contributed by atoms with van der Waals surface area (Å²) >= 11 is 0. The van der Waals surface area contributed by atoms with E-state index in [0.29, 0.717) is 0 Å². The van der Waals surface area contributed by atoms with E-state index in [1.807, 2.05) is 6.07 Å². The molecule has 0 heterocycles. The van der Waals surface area contributed by atoms with Gasteiger partial charge in [0.05, 0.1) is 0 Å². The van der Waals surface area contributed by atoms with Gasteiger partial charge in [0.15, 0.2) is 0 Å². The zero-order chi connectivity index (χ0) is 14.1. The van der Waals surface area contributed by atoms with Crippen molar-refractivity contribution in [3.05, 3.63) is 91.0 Å². The minimum atomic E-state index is 0. The van der Waals surface area contributed by atoms with E-state index >= 15 is 0 Å². The van der Waals surface area contributed by atoms with Crippen LogP contribution < -0.4 is 0 Å². The summed E-state index contributed by atoms with van der Waals surface area (Å²) < 4.78 is 0. The standard InChI is InChI=1S/C21H15.Zr/c1-2-6-16(7-3-1)17-10-12-18(13-11-17)21-14-19-8-4-5-9-20(19)15-21;/h1-15H;/q-1;. The molecule has 0 atom stereocenters. The predicted molar refractivity (Wildman–Crippen MR) is 90.4 cm³/mol. The summed E-state index contributed by atoms with van der Waals surface area (Å²) in [5.41, 5.74) is 5.08. The molecule has 0 radical (unpaired) electrons. The largest absolute Gasteiger partial charge is 0.145 e. The van der Waals surface area contributed by atoms with Gasteiger partial charge in [0, 0.05) is 26.2 Å². The van der Waals surface area contributed by atoms with Crippen LogP contribution >= 0.6 is 0 Å². The second-order valence-corrected chi connectivity index (χ2v) is 5.32. The topological polar surface area (TPSA) is 0 Å². The first-order valence-corrected chi connectivity index (χ1v) is 7.21. The average molecular weight is 359 g/mol. The zero-order valence-corrected chi connectivity index (χ0v) is 14.6. The van der Waals surface area contributed by atoms with Gasteiger partial charge in [-0.15, -0.1) is 34.5 Å². The quantitative estimate of drug-likeness (QED) is 0.392. The van der Waals surface area contributed by atoms with Crippen molar-refractivity contribution in [2.45, 2.75) is 0 Å². The summed E-state index contributed by atoms with van der Waals surface area (Å²) in [5.74, 6) is 0. The van der Waals surface area contributed by atoms with Gasteiger partial charge in [0.25, 0.3) is 0 Å². The summed E-state index contributed by atoms with van der Waals surface area (Å²) in [7, 11) is 0. The third kappa shape index (κ3) is 2.87. The van der Waals surface area contributed by atoms with Gasteiger partial charge >= 0.3 is 0 Å². The Balaban J connectivity index is 0.00000144. The Bertz CT molecular complexity index is 838. The molecular weight excluding hydrogens is 343 g/mol. The number of rotatable bonds is 2. The van der Waals surface area contributed by atoms with E-state index in [1.54, 1.807) is 0 Å². The molecule has 0 unspecified atom stereocenters. The van der Waals surface area contributed by atoms with Crippen molar-refractivity contribution in [3.63, 3.8) is 0 Å². The van der Waals surface area contributed by atoms with Gasteiger partial charge in [0.1, 0.15) is 0 Å². The van der Waals surface area contributed by atoms with Crippen LogP contribution in [0.5, 0.6) is 0 Å². The molecule has 104 valence electrons. The Morgan fingerprint density at radius 2 is 1.14 bits per heavy atom. The second-order valence-electron chi connectivity index (χ2n) is 5.32. The van der Waals surface area contributed by atoms with Crippen molar-refractivity contribution in [2.24, 2.45) is 0 Å². The van der Waals surface area contributed by atoms with E-state index in [1.165, 1.54) is 33.0 Å². The van der Waals surface area contributed by atoms with Crippen LogP contribution in [0.2, 0.25) is 0 Å². The maximum Gasteiger partial charge on any atom is 0 e. The van der Waals surface area contributed by atoms with Crippen LogP contribution in [0.15, 0.2) is 91.0 Å². The Hall–Kier alpha value is -1.85. The van der Waals surface area contributed by atoms with Crippen LogP contribution in [0.4, 0.5) is 0 Å². The molecule has 0 aromatic heterocycles. The molecule has 22 heavy (non-hydrogen) atoms. The monoisotopic (exact) mass is 357 g/mol. The summed E-state index contributed by atoms with van der Waals surface area (Å²) in [4.78, 5) is 0. The molecule has 4 aromatic carbocycles. The van der Waals surface area contributed by atoms with Gasteiger partial charge in [-0.3, -0.25) is 0 Å². The number of hydrogen-bond donors (Lipinski definition) is 0. The minimum absolute atomic E-state index is 0. The van der Waals surface area contributed by atoms with E-state index in [0.717, 1.165) is 0 Å². The molecule has 4 rings (SSSR count). The molecule has 0 N–H and O–H groups in total. The van der Waals surface area contributed by atoms with E-state index in [4.69, 9.17) is 0 Å². The molecule has 0 aliphatic carbocycles. The minimum Gasteiger partial charge on any atom is -0.145 e. The van der Waals surface area contributed by atoms with Crippen LogP contribution in [-0.2, 0) is 26.2 Å². The third-order valence-electron chi connectivity index (χ3n) is 3.94. The predicted octanol–water partition coefficient (Wildman–Crippen LogP) is 5.89. The van der Waals surface area contributed by atoms with Gasteiger partial charge in [0.2, 0.25) is 0 Å². The SMILES string of the molecule is [Zr].c1ccc(-c2ccc(-c3cc4ccccc4[cH-]3)cc2)cc1. The van der Waals surface area contributed by atoms with Gasteiger partial charge in [-0.25, -0.2) is 0 Å². The molecule has 0 saturated carbocycles. The number of hydrogen-bond acceptors (Lipinski definition) is 0. The fraction of sp³-hybridized carbons (Fsp3) is 0. The van der Waals surface area contributed by atoms with E-state index in [-0.39, 0.29) is 26.2 Å². The summed E-state index contributed by atoms with van der Waals surface area (Å²) in [5, 5.41) is 2.61. The molecule has 0 aliphatic rings. The van der Waals surface area contributed by atoms with Crippen LogP contribution in [0.1, 0.15) is 0 Å². The maximum atomic E-state index is 2.26. The second kappa shape index (κ2) is 6.50. The maximum absolute atomic E-state index is 2.26. The molecule has 4 aromatic rings. The van der Waals surface area contributed by atoms with E-state index in [9.17, 15) is 0 Å². The first kappa shape index (κ1) is 15.1. The fourth-order valence-corrected chi connectivity index (χ4v) is 2.80. The van der Waals surface area contributed by atoms with Gasteiger partial charge < -0.3 is 0 Å². The molecule has 0 nitrogen and oxygen atoms in total. The molecule has 0 fully saturated rings. The van der Waals surface area contributed by atoms with Crippen molar-refractivity contribution < 1.29 is 26.2 Å². The smallest absolute Gasteiger partial charge is 0 e. The van der Waals surface area contributed by atoms with Crippen LogP contribution in [0, 0.1) is 0 Å². The molecular formula is C21H15Zr-. The van der Waals surface area contributed by atoms with E-state index in [2.05, 4.69) is 84.9 Å². The van der Waals surface area contributed by atoms with Crippen molar-refractivity contribution >= 4 is 10.8 Å². The van der Waals surface area contributed by atoms with Gasteiger partial charge in [-0.2, -0.15) is 0 Å². The van der Waals surface area contributed by atoms with E-state index < -0.39 is 0 Å². The Morgan fingerprint density at radius 3 is 1.86 bits per heavy atom. The third-order valence-corrected chi connectivity index (χ3v) is 3.94. The van der Waals surface area contributed by atoms with Crippen molar-refractivity contribution in [1.82, 2.24) is 0 Å². The molecule has 0 bridgehead atoms. The fourth-order valence-electron chi connectivity index (χ4n) is 2.80. The normalized spacial score (nSPS) is 10.4. The van der Waals surface area contributed by atoms with Gasteiger partial charge in [-0.05, 0) is 11.1 Å². The summed E-state index contributed by atoms with van der Waals surface area (Å²) in [6.45, 7) is 0. The van der Waals surface area contributed by atoms with Crippen LogP contribution in [-0.4, -0.2) is 0 Å². The van der Waals surface area contributed by atoms with Crippen molar-refractivity contribution in [2.75, 3.05) is 0 Å². The molecule has 0 amide bonds. The molecule has 0 saturated heterocycles.